The predicted molar refractivity (Wildman–Crippen MR) is 104 cm³/mol. The molecule has 3 N–H and O–H groups in total. The Hall–Kier alpha value is -2.82. The van der Waals surface area contributed by atoms with Gasteiger partial charge in [-0.15, -0.1) is 0 Å². The summed E-state index contributed by atoms with van der Waals surface area (Å²) < 4.78 is 52.2. The average Bonchev–Trinajstić information content (AvgIpc) is 3.05. The van der Waals surface area contributed by atoms with Gasteiger partial charge in [0.1, 0.15) is 5.82 Å². The standard InChI is InChI=1S/C19H16BrF4N3O3/c20-12-5-11(19(22,23)24)6-14(7-12)25-17(28)26-16-9-27(18(29)30)8-15(16)10-1-3-13(21)4-2-10/h1-7,15-16H,8-9H2,(H,29,30)(H2,25,26,28)/t15-,16+/m0/s1. The van der Waals surface area contributed by atoms with Crippen molar-refractivity contribution in [2.75, 3.05) is 18.4 Å². The number of benzene rings is 2. The van der Waals surface area contributed by atoms with Crippen LogP contribution in [0.2, 0.25) is 0 Å². The second-order valence-electron chi connectivity index (χ2n) is 6.78. The van der Waals surface area contributed by atoms with Crippen LogP contribution in [0.15, 0.2) is 46.9 Å². The first kappa shape index (κ1) is 21.9. The van der Waals surface area contributed by atoms with E-state index in [1.54, 1.807) is 0 Å². The molecule has 11 heteroatoms. The highest BCUT2D eigenvalue weighted by Gasteiger charge is 2.37. The largest absolute Gasteiger partial charge is 0.465 e. The Morgan fingerprint density at radius 2 is 1.77 bits per heavy atom. The number of carbonyl (C=O) groups excluding carboxylic acids is 1. The quantitative estimate of drug-likeness (QED) is 0.537. The number of urea groups is 1. The number of hydrogen-bond donors (Lipinski definition) is 3. The lowest BCUT2D eigenvalue weighted by molar-refractivity contribution is -0.137. The second-order valence-corrected chi connectivity index (χ2v) is 7.69. The number of amides is 3. The van der Waals surface area contributed by atoms with Crippen LogP contribution in [0, 0.1) is 5.82 Å². The molecule has 3 rings (SSSR count). The molecule has 0 unspecified atom stereocenters. The van der Waals surface area contributed by atoms with Gasteiger partial charge < -0.3 is 20.6 Å². The van der Waals surface area contributed by atoms with Crippen LogP contribution in [0.1, 0.15) is 17.0 Å². The van der Waals surface area contributed by atoms with Crippen molar-refractivity contribution >= 4 is 33.7 Å². The number of hydrogen-bond acceptors (Lipinski definition) is 2. The van der Waals surface area contributed by atoms with Crippen molar-refractivity contribution in [2.45, 2.75) is 18.1 Å². The third kappa shape index (κ3) is 5.21. The van der Waals surface area contributed by atoms with Gasteiger partial charge in [-0.1, -0.05) is 28.1 Å². The number of nitrogens with zero attached hydrogens (tertiary/aromatic N) is 1. The Morgan fingerprint density at radius 1 is 1.10 bits per heavy atom. The molecule has 1 saturated heterocycles. The lowest BCUT2D eigenvalue weighted by Gasteiger charge is -2.20. The minimum atomic E-state index is -4.59. The fourth-order valence-electron chi connectivity index (χ4n) is 3.32. The van der Waals surface area contributed by atoms with Crippen molar-refractivity contribution in [3.8, 4) is 0 Å². The van der Waals surface area contributed by atoms with Crippen molar-refractivity contribution in [1.82, 2.24) is 10.2 Å². The number of rotatable bonds is 3. The van der Waals surface area contributed by atoms with Gasteiger partial charge in [-0.05, 0) is 35.9 Å². The minimum absolute atomic E-state index is 0.0168. The van der Waals surface area contributed by atoms with Crippen LogP contribution in [0.5, 0.6) is 0 Å². The Balaban J connectivity index is 1.76. The van der Waals surface area contributed by atoms with E-state index < -0.39 is 41.6 Å². The Labute approximate surface area is 177 Å². The smallest absolute Gasteiger partial charge is 0.416 e. The van der Waals surface area contributed by atoms with Gasteiger partial charge in [0.05, 0.1) is 11.6 Å². The number of likely N-dealkylation sites (tertiary alicyclic amines) is 1. The first-order chi connectivity index (χ1) is 14.0. The summed E-state index contributed by atoms with van der Waals surface area (Å²) in [5.74, 6) is -0.898. The first-order valence-electron chi connectivity index (χ1n) is 8.71. The summed E-state index contributed by atoms with van der Waals surface area (Å²) in [6.07, 6.45) is -5.76. The molecule has 1 heterocycles. The number of nitrogens with one attached hydrogen (secondary N) is 2. The maximum absolute atomic E-state index is 13.2. The normalized spacial score (nSPS) is 18.9. The van der Waals surface area contributed by atoms with E-state index in [1.807, 2.05) is 0 Å². The van der Waals surface area contributed by atoms with E-state index in [9.17, 15) is 32.3 Å². The third-order valence-electron chi connectivity index (χ3n) is 4.69. The van der Waals surface area contributed by atoms with E-state index in [-0.39, 0.29) is 23.2 Å². The summed E-state index contributed by atoms with van der Waals surface area (Å²) in [4.78, 5) is 24.9. The molecular formula is C19H16BrF4N3O3. The molecular weight excluding hydrogens is 474 g/mol. The molecule has 6 nitrogen and oxygen atoms in total. The summed E-state index contributed by atoms with van der Waals surface area (Å²) >= 11 is 2.98. The van der Waals surface area contributed by atoms with E-state index in [1.165, 1.54) is 30.3 Å². The average molecular weight is 490 g/mol. The molecule has 0 aromatic heterocycles. The van der Waals surface area contributed by atoms with Crippen LogP contribution < -0.4 is 10.6 Å². The zero-order valence-corrected chi connectivity index (χ0v) is 16.8. The highest BCUT2D eigenvalue weighted by atomic mass is 79.9. The molecule has 1 aliphatic rings. The van der Waals surface area contributed by atoms with E-state index in [0.29, 0.717) is 5.56 Å². The topological polar surface area (TPSA) is 81.7 Å². The summed E-state index contributed by atoms with van der Waals surface area (Å²) in [7, 11) is 0. The van der Waals surface area contributed by atoms with Crippen LogP contribution in [0.4, 0.5) is 32.8 Å². The SMILES string of the molecule is O=C(Nc1cc(Br)cc(C(F)(F)F)c1)N[C@@H]1CN(C(=O)O)C[C@H]1c1ccc(F)cc1. The van der Waals surface area contributed by atoms with E-state index in [4.69, 9.17) is 0 Å². The molecule has 0 saturated carbocycles. The van der Waals surface area contributed by atoms with Crippen LogP contribution in [0.25, 0.3) is 0 Å². The van der Waals surface area contributed by atoms with Crippen molar-refractivity contribution in [3.05, 3.63) is 63.9 Å². The molecule has 1 aliphatic heterocycles. The number of alkyl halides is 3. The molecule has 30 heavy (non-hydrogen) atoms. The first-order valence-corrected chi connectivity index (χ1v) is 9.51. The van der Waals surface area contributed by atoms with Gasteiger partial charge in [0, 0.05) is 29.2 Å². The van der Waals surface area contributed by atoms with Crippen LogP contribution in [-0.2, 0) is 6.18 Å². The highest BCUT2D eigenvalue weighted by Crippen LogP contribution is 2.33. The molecule has 2 aromatic carbocycles. The second kappa shape index (κ2) is 8.50. The van der Waals surface area contributed by atoms with Crippen LogP contribution in [0.3, 0.4) is 0 Å². The monoisotopic (exact) mass is 489 g/mol. The van der Waals surface area contributed by atoms with Crippen LogP contribution >= 0.6 is 15.9 Å². The zero-order valence-electron chi connectivity index (χ0n) is 15.2. The van der Waals surface area contributed by atoms with Gasteiger partial charge >= 0.3 is 18.3 Å². The van der Waals surface area contributed by atoms with E-state index in [2.05, 4.69) is 26.6 Å². The summed E-state index contributed by atoms with van der Waals surface area (Å²) in [6.45, 7) is 0.0676. The summed E-state index contributed by atoms with van der Waals surface area (Å²) in [6, 6.07) is 7.02. The van der Waals surface area contributed by atoms with Crippen molar-refractivity contribution in [3.63, 3.8) is 0 Å². The van der Waals surface area contributed by atoms with Gasteiger partial charge in [0.2, 0.25) is 0 Å². The molecule has 0 spiro atoms. The number of carboxylic acid groups (broad SMARTS) is 1. The molecule has 0 aliphatic carbocycles. The number of anilines is 1. The van der Waals surface area contributed by atoms with E-state index >= 15 is 0 Å². The number of carbonyl (C=O) groups is 2. The summed E-state index contributed by atoms with van der Waals surface area (Å²) in [5, 5.41) is 14.2. The lowest BCUT2D eigenvalue weighted by Crippen LogP contribution is -2.42. The maximum atomic E-state index is 13.2. The lowest BCUT2D eigenvalue weighted by atomic mass is 9.94. The molecule has 160 valence electrons. The van der Waals surface area contributed by atoms with Crippen LogP contribution in [-0.4, -0.2) is 41.3 Å². The van der Waals surface area contributed by atoms with Gasteiger partial charge in [0.25, 0.3) is 0 Å². The summed E-state index contributed by atoms with van der Waals surface area (Å²) in [5.41, 5.74) is -0.387. The van der Waals surface area contributed by atoms with Crippen molar-refractivity contribution in [1.29, 1.82) is 0 Å². The molecule has 0 radical (unpaired) electrons. The zero-order chi connectivity index (χ0) is 22.1. The van der Waals surface area contributed by atoms with Gasteiger partial charge in [-0.3, -0.25) is 0 Å². The Morgan fingerprint density at radius 3 is 2.37 bits per heavy atom. The minimum Gasteiger partial charge on any atom is -0.465 e. The fraction of sp³-hybridized carbons (Fsp3) is 0.263. The third-order valence-corrected chi connectivity index (χ3v) is 5.15. The van der Waals surface area contributed by atoms with Crippen molar-refractivity contribution < 1.29 is 32.3 Å². The van der Waals surface area contributed by atoms with Gasteiger partial charge in [-0.25, -0.2) is 14.0 Å². The predicted octanol–water partition coefficient (Wildman–Crippen LogP) is 4.87. The maximum Gasteiger partial charge on any atom is 0.416 e. The molecule has 1 fully saturated rings. The Bertz CT molecular complexity index is 953. The molecule has 3 amide bonds. The highest BCUT2D eigenvalue weighted by molar-refractivity contribution is 9.10. The van der Waals surface area contributed by atoms with Crippen molar-refractivity contribution in [2.24, 2.45) is 0 Å². The fourth-order valence-corrected chi connectivity index (χ4v) is 3.81. The molecule has 2 aromatic rings. The Kier molecular flexibility index (Phi) is 6.20. The molecule has 0 bridgehead atoms. The molecule has 2 atom stereocenters. The van der Waals surface area contributed by atoms with Gasteiger partial charge in [-0.2, -0.15) is 13.2 Å². The van der Waals surface area contributed by atoms with Gasteiger partial charge in [0.15, 0.2) is 0 Å². The number of halogens is 5. The van der Waals surface area contributed by atoms with E-state index in [0.717, 1.165) is 17.0 Å².